The van der Waals surface area contributed by atoms with Crippen LogP contribution in [0.25, 0.3) is 34.2 Å². The minimum absolute atomic E-state index is 0.144. The van der Waals surface area contributed by atoms with E-state index in [1.54, 1.807) is 17.9 Å². The molecule has 1 saturated heterocycles. The molecule has 0 saturated carbocycles. The van der Waals surface area contributed by atoms with Crippen LogP contribution in [0.15, 0.2) is 82.8 Å². The Morgan fingerprint density at radius 3 is 2.79 bits per heavy atom. The highest BCUT2D eigenvalue weighted by atomic mass is 32.2. The van der Waals surface area contributed by atoms with E-state index in [0.717, 1.165) is 16.6 Å². The molecule has 2 aromatic heterocycles. The molecule has 1 aliphatic heterocycles. The van der Waals surface area contributed by atoms with Crippen LogP contribution in [-0.4, -0.2) is 38.6 Å². The largest absolute Gasteiger partial charge is 0.493 e. The Hall–Kier alpha value is -3.62. The first-order valence-corrected chi connectivity index (χ1v) is 11.4. The van der Waals surface area contributed by atoms with Gasteiger partial charge in [0.2, 0.25) is 0 Å². The summed E-state index contributed by atoms with van der Waals surface area (Å²) in [6, 6.07) is 17.4. The maximum Gasteiger partial charge on any atom is 0.266 e. The molecule has 6 nitrogen and oxygen atoms in total. The van der Waals surface area contributed by atoms with Gasteiger partial charge in [0.25, 0.3) is 5.91 Å². The second-order valence-corrected chi connectivity index (χ2v) is 8.96. The average Bonchev–Trinajstić information content (AvgIpc) is 3.52. The Morgan fingerprint density at radius 1 is 1.21 bits per heavy atom. The molecule has 5 rings (SSSR count). The van der Waals surface area contributed by atoms with Gasteiger partial charge in [0.1, 0.15) is 10.0 Å². The molecule has 164 valence electrons. The van der Waals surface area contributed by atoms with Crippen LogP contribution in [0.1, 0.15) is 5.56 Å². The van der Waals surface area contributed by atoms with Crippen molar-refractivity contribution in [3.8, 4) is 22.9 Å². The van der Waals surface area contributed by atoms with Gasteiger partial charge < -0.3 is 9.15 Å². The van der Waals surface area contributed by atoms with Gasteiger partial charge in [-0.3, -0.25) is 9.69 Å². The van der Waals surface area contributed by atoms with Crippen LogP contribution in [0.3, 0.4) is 0 Å². The lowest BCUT2D eigenvalue weighted by Crippen LogP contribution is -2.27. The SMILES string of the molecule is C=CCN1C(=O)C(=Cc2cn(-c3ccccc3)nc2-c2cc3cccc(OC)c3o2)SC1=S. The number of methoxy groups -OCH3 is 1. The number of para-hydroxylation sites is 2. The van der Waals surface area contributed by atoms with Gasteiger partial charge in [0, 0.05) is 23.7 Å². The second kappa shape index (κ2) is 8.73. The number of ether oxygens (including phenoxy) is 1. The van der Waals surface area contributed by atoms with Crippen molar-refractivity contribution in [2.75, 3.05) is 13.7 Å². The number of aromatic nitrogens is 2. The van der Waals surface area contributed by atoms with E-state index >= 15 is 0 Å². The standard InChI is InChI=1S/C25H19N3O3S2/c1-3-12-27-24(29)21(33-25(27)32)14-17-15-28(18-9-5-4-6-10-18)26-22(17)20-13-16-8-7-11-19(30-2)23(16)31-20/h3-11,13-15H,1,12H2,2H3. The van der Waals surface area contributed by atoms with Crippen molar-refractivity contribution < 1.29 is 13.9 Å². The fourth-order valence-electron chi connectivity index (χ4n) is 3.64. The van der Waals surface area contributed by atoms with E-state index in [0.29, 0.717) is 38.6 Å². The molecule has 0 spiro atoms. The molecule has 0 unspecified atom stereocenters. The molecule has 0 N–H and O–H groups in total. The number of hydrogen-bond acceptors (Lipinski definition) is 6. The van der Waals surface area contributed by atoms with Crippen molar-refractivity contribution in [1.82, 2.24) is 14.7 Å². The number of benzene rings is 2. The molecule has 1 aliphatic rings. The van der Waals surface area contributed by atoms with Crippen molar-refractivity contribution in [2.24, 2.45) is 0 Å². The number of thioether (sulfide) groups is 1. The molecule has 0 radical (unpaired) electrons. The van der Waals surface area contributed by atoms with Gasteiger partial charge in [0.15, 0.2) is 17.1 Å². The molecule has 0 atom stereocenters. The van der Waals surface area contributed by atoms with Crippen LogP contribution in [0.5, 0.6) is 5.75 Å². The summed E-state index contributed by atoms with van der Waals surface area (Å²) in [5, 5.41) is 5.70. The molecule has 1 amide bonds. The number of carbonyl (C=O) groups is 1. The predicted molar refractivity (Wildman–Crippen MR) is 135 cm³/mol. The summed E-state index contributed by atoms with van der Waals surface area (Å²) < 4.78 is 13.9. The highest BCUT2D eigenvalue weighted by Gasteiger charge is 2.31. The van der Waals surface area contributed by atoms with Gasteiger partial charge in [0.05, 0.1) is 17.7 Å². The lowest BCUT2D eigenvalue weighted by Gasteiger charge is -2.10. The van der Waals surface area contributed by atoms with E-state index in [1.165, 1.54) is 16.7 Å². The van der Waals surface area contributed by atoms with E-state index in [1.807, 2.05) is 66.9 Å². The minimum Gasteiger partial charge on any atom is -0.493 e. The Labute approximate surface area is 200 Å². The van der Waals surface area contributed by atoms with Gasteiger partial charge >= 0.3 is 0 Å². The molecule has 2 aromatic carbocycles. The fourth-order valence-corrected chi connectivity index (χ4v) is 4.90. The Bertz CT molecular complexity index is 1420. The van der Waals surface area contributed by atoms with Crippen molar-refractivity contribution >= 4 is 51.3 Å². The number of hydrogen-bond donors (Lipinski definition) is 0. The third kappa shape index (κ3) is 3.88. The average molecular weight is 474 g/mol. The van der Waals surface area contributed by atoms with E-state index in [9.17, 15) is 4.79 Å². The van der Waals surface area contributed by atoms with E-state index in [-0.39, 0.29) is 5.91 Å². The summed E-state index contributed by atoms with van der Waals surface area (Å²) in [4.78, 5) is 15.0. The number of thiocarbonyl (C=S) groups is 1. The van der Waals surface area contributed by atoms with Crippen molar-refractivity contribution in [3.05, 3.63) is 83.9 Å². The smallest absolute Gasteiger partial charge is 0.266 e. The molecule has 8 heteroatoms. The highest BCUT2D eigenvalue weighted by molar-refractivity contribution is 8.26. The molecule has 0 aliphatic carbocycles. The zero-order chi connectivity index (χ0) is 22.9. The summed E-state index contributed by atoms with van der Waals surface area (Å²) in [7, 11) is 1.61. The third-order valence-electron chi connectivity index (χ3n) is 5.20. The molecule has 0 bridgehead atoms. The third-order valence-corrected chi connectivity index (χ3v) is 6.57. The summed E-state index contributed by atoms with van der Waals surface area (Å²) in [6.45, 7) is 4.09. The summed E-state index contributed by atoms with van der Waals surface area (Å²) in [5.41, 5.74) is 2.90. The normalized spacial score (nSPS) is 15.1. The number of amides is 1. The zero-order valence-corrected chi connectivity index (χ0v) is 19.4. The number of carbonyl (C=O) groups excluding carboxylic acids is 1. The number of rotatable bonds is 6. The van der Waals surface area contributed by atoms with Gasteiger partial charge in [-0.1, -0.05) is 60.4 Å². The summed E-state index contributed by atoms with van der Waals surface area (Å²) in [5.74, 6) is 1.08. The van der Waals surface area contributed by atoms with Gasteiger partial charge in [-0.2, -0.15) is 5.10 Å². The van der Waals surface area contributed by atoms with E-state index in [4.69, 9.17) is 26.5 Å². The summed E-state index contributed by atoms with van der Waals surface area (Å²) in [6.07, 6.45) is 5.36. The lowest BCUT2D eigenvalue weighted by atomic mass is 10.1. The predicted octanol–water partition coefficient (Wildman–Crippen LogP) is 5.68. The molecule has 4 aromatic rings. The first kappa shape index (κ1) is 21.2. The highest BCUT2D eigenvalue weighted by Crippen LogP contribution is 2.37. The number of fused-ring (bicyclic) bond motifs is 1. The van der Waals surface area contributed by atoms with Gasteiger partial charge in [-0.15, -0.1) is 6.58 Å². The number of nitrogens with zero attached hydrogens (tertiary/aromatic N) is 3. The van der Waals surface area contributed by atoms with Crippen molar-refractivity contribution in [1.29, 1.82) is 0 Å². The van der Waals surface area contributed by atoms with E-state index < -0.39 is 0 Å². The monoisotopic (exact) mass is 473 g/mol. The summed E-state index contributed by atoms with van der Waals surface area (Å²) >= 11 is 6.65. The van der Waals surface area contributed by atoms with Gasteiger partial charge in [-0.25, -0.2) is 4.68 Å². The lowest BCUT2D eigenvalue weighted by molar-refractivity contribution is -0.121. The topological polar surface area (TPSA) is 60.5 Å². The maximum absolute atomic E-state index is 12.9. The van der Waals surface area contributed by atoms with Crippen molar-refractivity contribution in [2.45, 2.75) is 0 Å². The molecular weight excluding hydrogens is 454 g/mol. The fraction of sp³-hybridized carbons (Fsp3) is 0.0800. The first-order valence-electron chi connectivity index (χ1n) is 10.2. The zero-order valence-electron chi connectivity index (χ0n) is 17.7. The van der Waals surface area contributed by atoms with Crippen LogP contribution in [0, 0.1) is 0 Å². The van der Waals surface area contributed by atoms with E-state index in [2.05, 4.69) is 6.58 Å². The second-order valence-electron chi connectivity index (χ2n) is 7.28. The van der Waals surface area contributed by atoms with Crippen LogP contribution >= 0.6 is 24.0 Å². The van der Waals surface area contributed by atoms with Crippen molar-refractivity contribution in [3.63, 3.8) is 0 Å². The molecule has 3 heterocycles. The molecule has 1 fully saturated rings. The quantitative estimate of drug-likeness (QED) is 0.204. The molecule has 33 heavy (non-hydrogen) atoms. The Morgan fingerprint density at radius 2 is 2.03 bits per heavy atom. The molecular formula is C25H19N3O3S2. The van der Waals surface area contributed by atoms with Crippen LogP contribution < -0.4 is 4.74 Å². The van der Waals surface area contributed by atoms with Crippen LogP contribution in [0.4, 0.5) is 0 Å². The number of furan rings is 1. The maximum atomic E-state index is 12.9. The minimum atomic E-state index is -0.144. The van der Waals surface area contributed by atoms with Crippen LogP contribution in [0.2, 0.25) is 0 Å². The Kier molecular flexibility index (Phi) is 5.62. The van der Waals surface area contributed by atoms with Gasteiger partial charge in [-0.05, 0) is 30.3 Å². The first-order chi connectivity index (χ1) is 16.1. The van der Waals surface area contributed by atoms with Crippen LogP contribution in [-0.2, 0) is 4.79 Å². The Balaban J connectivity index is 1.65.